The summed E-state index contributed by atoms with van der Waals surface area (Å²) < 4.78 is 261. The van der Waals surface area contributed by atoms with Crippen LogP contribution in [0.25, 0.3) is 49.4 Å². The number of benzene rings is 7. The van der Waals surface area contributed by atoms with Crippen LogP contribution in [0.1, 0.15) is 67.9 Å². The van der Waals surface area contributed by atoms with E-state index in [1.54, 1.807) is 0 Å². The van der Waals surface area contributed by atoms with Gasteiger partial charge >= 0.3 is 0 Å². The maximum atomic E-state index is 10.0. The maximum Gasteiger partial charge on any atom is 0.0636 e. The fourth-order valence-corrected chi connectivity index (χ4v) is 5.65. The number of fused-ring (bicyclic) bond motifs is 4. The van der Waals surface area contributed by atoms with E-state index in [1.807, 2.05) is 0 Å². The van der Waals surface area contributed by atoms with Crippen LogP contribution >= 0.6 is 0 Å². The first-order valence-corrected chi connectivity index (χ1v) is 13.8. The van der Waals surface area contributed by atoms with Crippen molar-refractivity contribution in [3.63, 3.8) is 0 Å². The third kappa shape index (κ3) is 4.45. The van der Waals surface area contributed by atoms with Gasteiger partial charge in [-0.2, -0.15) is 0 Å². The van der Waals surface area contributed by atoms with E-state index in [9.17, 15) is 15.1 Å². The van der Waals surface area contributed by atoms with E-state index >= 15 is 0 Å². The monoisotopic (exact) mass is 613 g/mol. The summed E-state index contributed by atoms with van der Waals surface area (Å²) in [5.41, 5.74) is -7.50. The number of hydrogen-bond acceptors (Lipinski definition) is 0. The normalized spacial score (nSPS) is 26.6. The molecule has 0 amide bonds. The Kier molecular flexibility index (Phi) is 2.49. The van der Waals surface area contributed by atoms with Crippen molar-refractivity contribution in [2.24, 2.45) is 5.92 Å². The molecule has 2 unspecified atom stereocenters. The molecule has 0 N–H and O–H groups in total. The lowest BCUT2D eigenvalue weighted by molar-refractivity contribution is 0.649. The minimum absolute atomic E-state index is 0.586. The lowest BCUT2D eigenvalue weighted by atomic mass is 9.66. The Labute approximate surface area is 311 Å². The lowest BCUT2D eigenvalue weighted by Gasteiger charge is -2.37. The van der Waals surface area contributed by atoms with Gasteiger partial charge in [-0.05, 0) is 89.3 Å². The Morgan fingerprint density at radius 3 is 2.17 bits per heavy atom. The molecule has 2 atom stereocenters. The average molecular weight is 614 g/mol. The molecule has 0 fully saturated rings. The largest absolute Gasteiger partial charge is 0.0760 e. The zero-order valence-electron chi connectivity index (χ0n) is 52.2. The summed E-state index contributed by atoms with van der Waals surface area (Å²) in [5, 5.41) is -2.47. The first-order chi connectivity index (χ1) is 34.9. The summed E-state index contributed by atoms with van der Waals surface area (Å²) in [6, 6.07) is -26.0. The molecule has 0 radical (unpaired) electrons. The summed E-state index contributed by atoms with van der Waals surface area (Å²) in [5.74, 6) is -4.17. The molecule has 0 heteroatoms. The minimum Gasteiger partial charge on any atom is -0.0760 e. The summed E-state index contributed by atoms with van der Waals surface area (Å²) >= 11 is 0. The van der Waals surface area contributed by atoms with Crippen LogP contribution in [0.15, 0.2) is 187 Å². The van der Waals surface area contributed by atoms with Gasteiger partial charge in [-0.15, -0.1) is 0 Å². The Morgan fingerprint density at radius 2 is 1.26 bits per heavy atom. The second-order valence-electron chi connectivity index (χ2n) is 10.1. The van der Waals surface area contributed by atoms with Gasteiger partial charge in [0.2, 0.25) is 0 Å². The van der Waals surface area contributed by atoms with E-state index in [2.05, 4.69) is 0 Å². The van der Waals surface area contributed by atoms with Gasteiger partial charge in [0.15, 0.2) is 0 Å². The van der Waals surface area contributed by atoms with Crippen LogP contribution < -0.4 is 0 Å². The zero-order valence-corrected chi connectivity index (χ0v) is 23.2. The van der Waals surface area contributed by atoms with Gasteiger partial charge in [-0.3, -0.25) is 0 Å². The summed E-state index contributed by atoms with van der Waals surface area (Å²) in [6.45, 7) is 0. The zero-order chi connectivity index (χ0) is 55.7. The highest BCUT2D eigenvalue weighted by Crippen LogP contribution is 2.51. The number of allylic oxidation sites excluding steroid dienone is 5. The van der Waals surface area contributed by atoms with Gasteiger partial charge in [0.05, 0.1) is 39.8 Å². The summed E-state index contributed by atoms with van der Waals surface area (Å²) in [6.07, 6.45) is 0. The highest BCUT2D eigenvalue weighted by Gasteiger charge is 2.36. The van der Waals surface area contributed by atoms with E-state index in [-0.39, 0.29) is 0 Å². The van der Waals surface area contributed by atoms with Crippen molar-refractivity contribution in [2.75, 3.05) is 0 Å². The molecule has 0 nitrogen and oxygen atoms in total. The molecule has 0 aliphatic heterocycles. The third-order valence-corrected chi connectivity index (χ3v) is 7.63. The highest BCUT2D eigenvalue weighted by molar-refractivity contribution is 5.97. The molecular formula is C46H32. The minimum atomic E-state index is -2.11. The lowest BCUT2D eigenvalue weighted by Crippen LogP contribution is -2.23. The Hall–Kier alpha value is -5.72. The first-order valence-electron chi connectivity index (χ1n) is 28.3. The van der Waals surface area contributed by atoms with E-state index in [0.717, 1.165) is 6.07 Å². The third-order valence-electron chi connectivity index (χ3n) is 7.63. The molecule has 0 aromatic heterocycles. The van der Waals surface area contributed by atoms with Crippen LogP contribution in [-0.4, -0.2) is 0 Å². The van der Waals surface area contributed by atoms with Crippen LogP contribution in [0.2, 0.25) is 0 Å². The summed E-state index contributed by atoms with van der Waals surface area (Å²) in [7, 11) is 0. The van der Waals surface area contributed by atoms with Crippen LogP contribution in [0.3, 0.4) is 0 Å². The maximum absolute atomic E-state index is 10.0. The van der Waals surface area contributed by atoms with Crippen molar-refractivity contribution in [1.29, 1.82) is 0 Å². The molecule has 7 aromatic carbocycles. The molecule has 0 saturated carbocycles. The Morgan fingerprint density at radius 1 is 0.478 bits per heavy atom. The van der Waals surface area contributed by atoms with Crippen molar-refractivity contribution >= 4 is 27.1 Å². The predicted octanol–water partition coefficient (Wildman–Crippen LogP) is 12.0. The van der Waals surface area contributed by atoms with Crippen molar-refractivity contribution < 1.29 is 39.8 Å². The van der Waals surface area contributed by atoms with Crippen LogP contribution in [-0.2, 0) is 0 Å². The van der Waals surface area contributed by atoms with E-state index < -0.39 is 264 Å². The average Bonchev–Trinajstić information content (AvgIpc) is 3.37. The molecule has 216 valence electrons. The van der Waals surface area contributed by atoms with Crippen molar-refractivity contribution in [3.05, 3.63) is 209 Å². The Balaban J connectivity index is 1.57. The van der Waals surface area contributed by atoms with Crippen molar-refractivity contribution in [3.8, 4) is 22.3 Å². The van der Waals surface area contributed by atoms with Gasteiger partial charge in [-0.25, -0.2) is 0 Å². The molecule has 2 aliphatic carbocycles. The smallest absolute Gasteiger partial charge is 0.0636 e. The Bertz CT molecular complexity index is 3960. The van der Waals surface area contributed by atoms with E-state index in [4.69, 9.17) is 24.7 Å². The van der Waals surface area contributed by atoms with Crippen molar-refractivity contribution in [1.82, 2.24) is 0 Å². The number of rotatable bonds is 4. The molecule has 0 bridgehead atoms. The first kappa shape index (κ1) is 10.4. The fraction of sp³-hybridized carbons (Fsp3) is 0.0435. The topological polar surface area (TPSA) is 0 Å². The standard InChI is InChI=1S/C46H32/c1-2-12-31(13-3-1)35-26-27-43-44(30-35)46(38-25-24-32-14-4-5-16-34(32)28-38)42-22-9-8-21-41(42)45(43)37-19-10-18-36(29-37)40-23-11-17-33-15-6-7-20-39(33)40/h1-30,41,45H/i1D,2D,3D,4D,5D,6D,7D,8D,9D,11D,12D,13D,14D,15D,16D,17D,18D,19D,20D,21D,22D,23D,24D,25D,26D,27D,28D,29D,30D. The SMILES string of the molecule is [2H]C1=C([2H])C2=C(c3c([2H])c([2H])c4c([2H])c([2H])c([2H])c([2H])c4c3[2H])c3c([2H])c(-c4c([2H])c([2H])c([2H])c([2H])c4[2H])c([2H])c([2H])c3C(c3c([2H])cc([2H])c(-c4c([2H])c([2H])c([2H])c5c([2H])c([2H])c([2H])c([2H])c45)c3[2H])C2C([2H])=C1[2H]. The molecule has 0 spiro atoms. The van der Waals surface area contributed by atoms with Gasteiger partial charge in [-0.1, -0.05) is 169 Å². The molecule has 0 heterocycles. The van der Waals surface area contributed by atoms with Crippen LogP contribution in [0.4, 0.5) is 0 Å². The molecular weight excluding hydrogens is 553 g/mol. The second kappa shape index (κ2) is 11.0. The van der Waals surface area contributed by atoms with Gasteiger partial charge < -0.3 is 0 Å². The summed E-state index contributed by atoms with van der Waals surface area (Å²) in [4.78, 5) is 0. The second-order valence-corrected chi connectivity index (χ2v) is 10.1. The molecule has 2 aliphatic rings. The quantitative estimate of drug-likeness (QED) is 0.185. The molecule has 7 aromatic rings. The van der Waals surface area contributed by atoms with Gasteiger partial charge in [0, 0.05) is 11.8 Å². The predicted molar refractivity (Wildman–Crippen MR) is 195 cm³/mol. The van der Waals surface area contributed by atoms with E-state index in [0.29, 0.717) is 0 Å². The molecule has 0 saturated heterocycles. The highest BCUT2D eigenvalue weighted by atomic mass is 14.4. The van der Waals surface area contributed by atoms with Crippen molar-refractivity contribution in [2.45, 2.75) is 5.92 Å². The number of hydrogen-bond donors (Lipinski definition) is 0. The van der Waals surface area contributed by atoms with Crippen LogP contribution in [0.5, 0.6) is 0 Å². The molecule has 46 heavy (non-hydrogen) atoms. The van der Waals surface area contributed by atoms with Gasteiger partial charge in [0.25, 0.3) is 0 Å². The fourth-order valence-electron chi connectivity index (χ4n) is 5.65. The van der Waals surface area contributed by atoms with Crippen LogP contribution in [0, 0.1) is 5.92 Å². The van der Waals surface area contributed by atoms with Gasteiger partial charge in [0.1, 0.15) is 0 Å². The van der Waals surface area contributed by atoms with E-state index in [1.165, 1.54) is 0 Å². The molecule has 9 rings (SSSR count).